The number of amides is 3. The van der Waals surface area contributed by atoms with E-state index in [2.05, 4.69) is 32.9 Å². The van der Waals surface area contributed by atoms with Crippen molar-refractivity contribution in [1.82, 2.24) is 20.5 Å². The first-order valence-corrected chi connectivity index (χ1v) is 12.7. The molecule has 0 radical (unpaired) electrons. The van der Waals surface area contributed by atoms with Gasteiger partial charge in [0.2, 0.25) is 0 Å². The zero-order valence-electron chi connectivity index (χ0n) is 21.9. The van der Waals surface area contributed by atoms with Crippen LogP contribution in [0.1, 0.15) is 35.7 Å². The number of benzene rings is 2. The van der Waals surface area contributed by atoms with Crippen molar-refractivity contribution in [1.29, 1.82) is 0 Å². The van der Waals surface area contributed by atoms with Crippen molar-refractivity contribution in [3.8, 4) is 17.2 Å². The molecule has 37 heavy (non-hydrogen) atoms. The van der Waals surface area contributed by atoms with Crippen LogP contribution in [0, 0.1) is 12.8 Å². The molecule has 0 spiro atoms. The highest BCUT2D eigenvalue weighted by molar-refractivity contribution is 6.02. The average molecular weight is 506 g/mol. The number of anilines is 1. The summed E-state index contributed by atoms with van der Waals surface area (Å²) in [5, 5.41) is 8.92. The lowest BCUT2D eigenvalue weighted by Crippen LogP contribution is -2.32. The van der Waals surface area contributed by atoms with Crippen LogP contribution in [0.2, 0.25) is 0 Å². The van der Waals surface area contributed by atoms with E-state index < -0.39 is 0 Å². The molecule has 1 saturated heterocycles. The van der Waals surface area contributed by atoms with Gasteiger partial charge in [0.15, 0.2) is 0 Å². The first-order valence-electron chi connectivity index (χ1n) is 12.7. The average Bonchev–Trinajstić information content (AvgIpc) is 2.89. The third kappa shape index (κ3) is 6.48. The third-order valence-corrected chi connectivity index (χ3v) is 6.60. The molecule has 3 N–H and O–H groups in total. The Morgan fingerprint density at radius 2 is 1.89 bits per heavy atom. The molecule has 2 aromatic carbocycles. The second-order valence-electron chi connectivity index (χ2n) is 9.37. The first-order chi connectivity index (χ1) is 17.9. The van der Waals surface area contributed by atoms with E-state index in [0.717, 1.165) is 31.5 Å². The lowest BCUT2D eigenvalue weighted by atomic mass is 9.98. The van der Waals surface area contributed by atoms with Crippen LogP contribution in [0.25, 0.3) is 10.9 Å². The van der Waals surface area contributed by atoms with Crippen molar-refractivity contribution in [3.63, 3.8) is 0 Å². The number of ether oxygens (including phenoxy) is 2. The van der Waals surface area contributed by atoms with Gasteiger partial charge in [-0.1, -0.05) is 0 Å². The molecular weight excluding hydrogens is 470 g/mol. The summed E-state index contributed by atoms with van der Waals surface area (Å²) in [6, 6.07) is 10.5. The van der Waals surface area contributed by atoms with Crippen LogP contribution in [0.5, 0.6) is 17.2 Å². The minimum atomic E-state index is -0.288. The first kappa shape index (κ1) is 26.2. The molecule has 9 nitrogen and oxygen atoms in total. The zero-order valence-corrected chi connectivity index (χ0v) is 21.9. The smallest absolute Gasteiger partial charge is 0.318 e. The fourth-order valence-electron chi connectivity index (χ4n) is 4.38. The number of likely N-dealkylation sites (tertiary alicyclic amines) is 1. The van der Waals surface area contributed by atoms with E-state index in [1.54, 1.807) is 37.5 Å². The van der Waals surface area contributed by atoms with Crippen LogP contribution in [0.15, 0.2) is 42.6 Å². The number of piperidine rings is 1. The number of aryl methyl sites for hydroxylation is 1. The number of carbonyl (C=O) groups is 2. The molecular formula is C28H35N5O4. The Bertz CT molecular complexity index is 1270. The Labute approximate surface area is 217 Å². The van der Waals surface area contributed by atoms with Crippen LogP contribution in [-0.4, -0.2) is 62.2 Å². The maximum absolute atomic E-state index is 13.0. The molecule has 3 amide bonds. The van der Waals surface area contributed by atoms with Crippen LogP contribution >= 0.6 is 0 Å². The van der Waals surface area contributed by atoms with E-state index in [4.69, 9.17) is 9.47 Å². The van der Waals surface area contributed by atoms with E-state index in [9.17, 15) is 9.59 Å². The lowest BCUT2D eigenvalue weighted by Gasteiger charge is -2.29. The van der Waals surface area contributed by atoms with Gasteiger partial charge in [-0.3, -0.25) is 9.78 Å². The number of pyridine rings is 1. The minimum Gasteiger partial charge on any atom is -0.492 e. The molecule has 196 valence electrons. The van der Waals surface area contributed by atoms with E-state index in [1.165, 1.54) is 0 Å². The number of nitrogens with zero attached hydrogens (tertiary/aromatic N) is 2. The molecule has 9 heteroatoms. The number of nitrogens with one attached hydrogen (secondary N) is 3. The molecule has 0 aliphatic carbocycles. The summed E-state index contributed by atoms with van der Waals surface area (Å²) in [6.07, 6.45) is 3.83. The van der Waals surface area contributed by atoms with Crippen molar-refractivity contribution in [2.75, 3.05) is 45.7 Å². The summed E-state index contributed by atoms with van der Waals surface area (Å²) in [5.41, 5.74) is 2.68. The molecule has 0 saturated carbocycles. The zero-order chi connectivity index (χ0) is 26.4. The number of carbonyl (C=O) groups excluding carboxylic acids is 2. The van der Waals surface area contributed by atoms with Crippen molar-refractivity contribution in [3.05, 3.63) is 53.7 Å². The highest BCUT2D eigenvalue weighted by Gasteiger charge is 2.21. The quantitative estimate of drug-likeness (QED) is 0.415. The van der Waals surface area contributed by atoms with Crippen molar-refractivity contribution < 1.29 is 19.1 Å². The molecule has 1 aliphatic rings. The van der Waals surface area contributed by atoms with Crippen molar-refractivity contribution in [2.24, 2.45) is 5.92 Å². The van der Waals surface area contributed by atoms with Crippen LogP contribution in [-0.2, 0) is 0 Å². The highest BCUT2D eigenvalue weighted by Crippen LogP contribution is 2.35. The molecule has 0 atom stereocenters. The Hall–Kier alpha value is -3.85. The SMILES string of the molecule is CCNC(=O)c1cc2c(Oc3ccc(NC(=O)NC)c(C)c3)ccnc2cc1OCC1CCN(C)CC1. The van der Waals surface area contributed by atoms with Crippen LogP contribution in [0.3, 0.4) is 0 Å². The molecule has 1 fully saturated rings. The van der Waals surface area contributed by atoms with Gasteiger partial charge in [-0.05, 0) is 88.6 Å². The monoisotopic (exact) mass is 505 g/mol. The van der Waals surface area contributed by atoms with E-state index in [-0.39, 0.29) is 11.9 Å². The van der Waals surface area contributed by atoms with E-state index >= 15 is 0 Å². The molecule has 0 unspecified atom stereocenters. The van der Waals surface area contributed by atoms with Gasteiger partial charge >= 0.3 is 6.03 Å². The molecule has 1 aromatic heterocycles. The minimum absolute atomic E-state index is 0.196. The summed E-state index contributed by atoms with van der Waals surface area (Å²) in [6.45, 7) is 6.97. The topological polar surface area (TPSA) is 105 Å². The summed E-state index contributed by atoms with van der Waals surface area (Å²) < 4.78 is 12.4. The normalized spacial score (nSPS) is 14.3. The third-order valence-electron chi connectivity index (χ3n) is 6.60. The number of hydrogen-bond donors (Lipinski definition) is 3. The van der Waals surface area contributed by atoms with E-state index in [0.29, 0.717) is 58.5 Å². The summed E-state index contributed by atoms with van der Waals surface area (Å²) in [4.78, 5) is 31.5. The van der Waals surface area contributed by atoms with Gasteiger partial charge < -0.3 is 30.3 Å². The maximum Gasteiger partial charge on any atom is 0.318 e. The summed E-state index contributed by atoms with van der Waals surface area (Å²) in [7, 11) is 3.70. The van der Waals surface area contributed by atoms with Gasteiger partial charge in [0.25, 0.3) is 5.91 Å². The number of fused-ring (bicyclic) bond motifs is 1. The Balaban J connectivity index is 1.61. The number of urea groups is 1. The summed E-state index contributed by atoms with van der Waals surface area (Å²) in [5.74, 6) is 1.97. The Morgan fingerprint density at radius 1 is 1.11 bits per heavy atom. The highest BCUT2D eigenvalue weighted by atomic mass is 16.5. The predicted molar refractivity (Wildman–Crippen MR) is 145 cm³/mol. The predicted octanol–water partition coefficient (Wildman–Crippen LogP) is 4.56. The number of rotatable bonds is 8. The standard InChI is InChI=1S/C28H35N5O4/c1-5-30-27(34)22-15-21-24(16-26(22)36-17-19-9-12-33(4)13-10-19)31-11-8-25(21)37-20-6-7-23(18(2)14-20)32-28(35)29-3/h6-8,11,14-16,19H,5,9-10,12-13,17H2,1-4H3,(H,30,34)(H2,29,32,35). The number of aromatic nitrogens is 1. The molecule has 3 aromatic rings. The Kier molecular flexibility index (Phi) is 8.45. The second kappa shape index (κ2) is 11.9. The number of hydrogen-bond acceptors (Lipinski definition) is 6. The second-order valence-corrected chi connectivity index (χ2v) is 9.37. The fourth-order valence-corrected chi connectivity index (χ4v) is 4.38. The van der Waals surface area contributed by atoms with Gasteiger partial charge in [-0.15, -0.1) is 0 Å². The van der Waals surface area contributed by atoms with Gasteiger partial charge in [0.1, 0.15) is 17.2 Å². The lowest BCUT2D eigenvalue weighted by molar-refractivity contribution is 0.0949. The van der Waals surface area contributed by atoms with Crippen LogP contribution < -0.4 is 25.4 Å². The van der Waals surface area contributed by atoms with Crippen molar-refractivity contribution in [2.45, 2.75) is 26.7 Å². The summed E-state index contributed by atoms with van der Waals surface area (Å²) >= 11 is 0. The molecule has 2 heterocycles. The van der Waals surface area contributed by atoms with Gasteiger partial charge in [-0.2, -0.15) is 0 Å². The maximum atomic E-state index is 13.0. The molecule has 0 bridgehead atoms. The molecule has 4 rings (SSSR count). The van der Waals surface area contributed by atoms with Gasteiger partial charge in [0, 0.05) is 36.9 Å². The molecule has 1 aliphatic heterocycles. The van der Waals surface area contributed by atoms with Gasteiger partial charge in [-0.25, -0.2) is 4.79 Å². The van der Waals surface area contributed by atoms with E-state index in [1.807, 2.05) is 26.0 Å². The largest absolute Gasteiger partial charge is 0.492 e. The van der Waals surface area contributed by atoms with Crippen molar-refractivity contribution >= 4 is 28.5 Å². The van der Waals surface area contributed by atoms with Gasteiger partial charge in [0.05, 0.1) is 17.7 Å². The van der Waals surface area contributed by atoms with Crippen LogP contribution in [0.4, 0.5) is 10.5 Å². The Morgan fingerprint density at radius 3 is 2.59 bits per heavy atom. The fraction of sp³-hybridized carbons (Fsp3) is 0.393.